The van der Waals surface area contributed by atoms with Gasteiger partial charge in [0.05, 0.1) is 0 Å². The number of nitrogens with one attached hydrogen (secondary N) is 2. The lowest BCUT2D eigenvalue weighted by molar-refractivity contribution is 0.0949. The highest BCUT2D eigenvalue weighted by Gasteiger charge is 2.07. The molecule has 0 aliphatic rings. The molecular formula is C15H21N3O. The molecule has 1 amide bonds. The summed E-state index contributed by atoms with van der Waals surface area (Å²) in [6, 6.07) is 7.68. The molecule has 1 aromatic carbocycles. The number of hydrogen-bond donors (Lipinski definition) is 2. The number of fused-ring (bicyclic) bond motifs is 1. The maximum atomic E-state index is 12.0. The zero-order valence-electron chi connectivity index (χ0n) is 11.6. The van der Waals surface area contributed by atoms with Gasteiger partial charge in [-0.05, 0) is 37.4 Å². The van der Waals surface area contributed by atoms with E-state index in [-0.39, 0.29) is 5.91 Å². The lowest BCUT2D eigenvalue weighted by atomic mass is 10.1. The van der Waals surface area contributed by atoms with Gasteiger partial charge in [-0.3, -0.25) is 4.79 Å². The van der Waals surface area contributed by atoms with E-state index >= 15 is 0 Å². The van der Waals surface area contributed by atoms with Gasteiger partial charge in [0.25, 0.3) is 5.91 Å². The highest BCUT2D eigenvalue weighted by Crippen LogP contribution is 2.14. The van der Waals surface area contributed by atoms with Crippen molar-refractivity contribution in [3.05, 3.63) is 36.0 Å². The Hall–Kier alpha value is -1.81. The molecule has 2 N–H and O–H groups in total. The first-order valence-corrected chi connectivity index (χ1v) is 6.82. The summed E-state index contributed by atoms with van der Waals surface area (Å²) in [6.45, 7) is 7.87. The predicted molar refractivity (Wildman–Crippen MR) is 78.4 cm³/mol. The van der Waals surface area contributed by atoms with Gasteiger partial charge < -0.3 is 15.2 Å². The first kappa shape index (κ1) is 13.6. The number of nitrogens with zero attached hydrogens (tertiary/aromatic N) is 1. The Bertz CT molecular complexity index is 543. The SMILES string of the molecule is CCN(CC)CCNC(=O)c1ccc2[nH]ccc2c1. The predicted octanol–water partition coefficient (Wildman–Crippen LogP) is 2.24. The molecule has 4 nitrogen and oxygen atoms in total. The van der Waals surface area contributed by atoms with E-state index in [2.05, 4.69) is 29.0 Å². The van der Waals surface area contributed by atoms with Gasteiger partial charge in [-0.25, -0.2) is 0 Å². The fraction of sp³-hybridized carbons (Fsp3) is 0.400. The molecule has 0 atom stereocenters. The number of aromatic nitrogens is 1. The highest BCUT2D eigenvalue weighted by atomic mass is 16.1. The third kappa shape index (κ3) is 3.35. The van der Waals surface area contributed by atoms with Gasteiger partial charge in [-0.2, -0.15) is 0 Å². The Labute approximate surface area is 113 Å². The molecule has 0 radical (unpaired) electrons. The van der Waals surface area contributed by atoms with Crippen molar-refractivity contribution in [1.29, 1.82) is 0 Å². The van der Waals surface area contributed by atoms with Crippen molar-refractivity contribution < 1.29 is 4.79 Å². The Morgan fingerprint density at radius 1 is 1.26 bits per heavy atom. The molecule has 0 saturated heterocycles. The van der Waals surface area contributed by atoms with Gasteiger partial charge in [-0.1, -0.05) is 13.8 Å². The van der Waals surface area contributed by atoms with Gasteiger partial charge in [0.2, 0.25) is 0 Å². The molecule has 0 saturated carbocycles. The van der Waals surface area contributed by atoms with Gasteiger partial charge in [0, 0.05) is 35.8 Å². The molecule has 0 spiro atoms. The summed E-state index contributed by atoms with van der Waals surface area (Å²) in [6.07, 6.45) is 1.88. The molecule has 0 aliphatic heterocycles. The fourth-order valence-corrected chi connectivity index (χ4v) is 2.16. The van der Waals surface area contributed by atoms with Crippen molar-refractivity contribution in [2.24, 2.45) is 0 Å². The van der Waals surface area contributed by atoms with Crippen LogP contribution < -0.4 is 5.32 Å². The second-order valence-electron chi connectivity index (χ2n) is 4.56. The summed E-state index contributed by atoms with van der Waals surface area (Å²) in [5.74, 6) is -0.00439. The molecule has 2 aromatic rings. The van der Waals surface area contributed by atoms with Crippen LogP contribution >= 0.6 is 0 Å². The summed E-state index contributed by atoms with van der Waals surface area (Å²) >= 11 is 0. The third-order valence-corrected chi connectivity index (χ3v) is 3.42. The van der Waals surface area contributed by atoms with Crippen molar-refractivity contribution in [1.82, 2.24) is 15.2 Å². The maximum Gasteiger partial charge on any atom is 0.251 e. The molecule has 0 aliphatic carbocycles. The van der Waals surface area contributed by atoms with Crippen LogP contribution in [0.4, 0.5) is 0 Å². The largest absolute Gasteiger partial charge is 0.361 e. The maximum absolute atomic E-state index is 12.0. The number of H-pyrrole nitrogens is 1. The van der Waals surface area contributed by atoms with E-state index in [1.165, 1.54) is 0 Å². The summed E-state index contributed by atoms with van der Waals surface area (Å²) < 4.78 is 0. The van der Waals surface area contributed by atoms with Crippen LogP contribution in [0.15, 0.2) is 30.5 Å². The van der Waals surface area contributed by atoms with Crippen LogP contribution in [0.2, 0.25) is 0 Å². The molecule has 0 unspecified atom stereocenters. The van der Waals surface area contributed by atoms with E-state index in [0.717, 1.165) is 30.5 Å². The minimum absolute atomic E-state index is 0.00439. The van der Waals surface area contributed by atoms with Crippen LogP contribution in [0.25, 0.3) is 10.9 Å². The lowest BCUT2D eigenvalue weighted by Crippen LogP contribution is -2.34. The first-order valence-electron chi connectivity index (χ1n) is 6.82. The van der Waals surface area contributed by atoms with Crippen LogP contribution in [-0.2, 0) is 0 Å². The molecule has 2 rings (SSSR count). The highest BCUT2D eigenvalue weighted by molar-refractivity contribution is 5.98. The minimum Gasteiger partial charge on any atom is -0.361 e. The van der Waals surface area contributed by atoms with E-state index in [1.807, 2.05) is 30.5 Å². The number of hydrogen-bond acceptors (Lipinski definition) is 2. The normalized spacial score (nSPS) is 11.1. The van der Waals surface area contributed by atoms with E-state index in [1.54, 1.807) is 0 Å². The van der Waals surface area contributed by atoms with Crippen LogP contribution in [0, 0.1) is 0 Å². The van der Waals surface area contributed by atoms with Crippen molar-refractivity contribution >= 4 is 16.8 Å². The van der Waals surface area contributed by atoms with Crippen LogP contribution in [-0.4, -0.2) is 42.0 Å². The van der Waals surface area contributed by atoms with Crippen molar-refractivity contribution in [3.63, 3.8) is 0 Å². The second-order valence-corrected chi connectivity index (χ2v) is 4.56. The number of carbonyl (C=O) groups is 1. The van der Waals surface area contributed by atoms with Crippen LogP contribution in [0.1, 0.15) is 24.2 Å². The van der Waals surface area contributed by atoms with E-state index < -0.39 is 0 Å². The van der Waals surface area contributed by atoms with Crippen molar-refractivity contribution in [2.75, 3.05) is 26.2 Å². The van der Waals surface area contributed by atoms with Gasteiger partial charge >= 0.3 is 0 Å². The number of benzene rings is 1. The van der Waals surface area contributed by atoms with Crippen LogP contribution in [0.3, 0.4) is 0 Å². The van der Waals surface area contributed by atoms with Crippen LogP contribution in [0.5, 0.6) is 0 Å². The summed E-state index contributed by atoms with van der Waals surface area (Å²) in [7, 11) is 0. The lowest BCUT2D eigenvalue weighted by Gasteiger charge is -2.17. The molecule has 19 heavy (non-hydrogen) atoms. The Kier molecular flexibility index (Phi) is 4.58. The van der Waals surface area contributed by atoms with Gasteiger partial charge in [0.1, 0.15) is 0 Å². The second kappa shape index (κ2) is 6.38. The molecular weight excluding hydrogens is 238 g/mol. The monoisotopic (exact) mass is 259 g/mol. The van der Waals surface area contributed by atoms with E-state index in [4.69, 9.17) is 0 Å². The molecule has 1 heterocycles. The quantitative estimate of drug-likeness (QED) is 0.836. The molecule has 0 fully saturated rings. The van der Waals surface area contributed by atoms with E-state index in [0.29, 0.717) is 12.1 Å². The Morgan fingerprint density at radius 2 is 2.05 bits per heavy atom. The Morgan fingerprint density at radius 3 is 2.79 bits per heavy atom. The number of amides is 1. The summed E-state index contributed by atoms with van der Waals surface area (Å²) in [5, 5.41) is 4.03. The number of carbonyl (C=O) groups excluding carboxylic acids is 1. The molecule has 0 bridgehead atoms. The molecule has 4 heteroatoms. The number of aromatic amines is 1. The van der Waals surface area contributed by atoms with Gasteiger partial charge in [0.15, 0.2) is 0 Å². The third-order valence-electron chi connectivity index (χ3n) is 3.42. The zero-order valence-corrected chi connectivity index (χ0v) is 11.6. The topological polar surface area (TPSA) is 48.1 Å². The fourth-order valence-electron chi connectivity index (χ4n) is 2.16. The summed E-state index contributed by atoms with van der Waals surface area (Å²) in [5.41, 5.74) is 1.77. The minimum atomic E-state index is -0.00439. The van der Waals surface area contributed by atoms with Crippen molar-refractivity contribution in [2.45, 2.75) is 13.8 Å². The average molecular weight is 259 g/mol. The Balaban J connectivity index is 1.92. The van der Waals surface area contributed by atoms with E-state index in [9.17, 15) is 4.79 Å². The number of likely N-dealkylation sites (N-methyl/N-ethyl adjacent to an activating group) is 1. The first-order chi connectivity index (χ1) is 9.24. The zero-order chi connectivity index (χ0) is 13.7. The molecule has 1 aromatic heterocycles. The summed E-state index contributed by atoms with van der Waals surface area (Å²) in [4.78, 5) is 17.4. The standard InChI is InChI=1S/C15H21N3O/c1-3-18(4-2)10-9-17-15(19)13-5-6-14-12(11-13)7-8-16-14/h5-8,11,16H,3-4,9-10H2,1-2H3,(H,17,19). The molecule has 102 valence electrons. The average Bonchev–Trinajstić information content (AvgIpc) is 2.90. The number of rotatable bonds is 6. The smallest absolute Gasteiger partial charge is 0.251 e. The van der Waals surface area contributed by atoms with Crippen molar-refractivity contribution in [3.8, 4) is 0 Å². The van der Waals surface area contributed by atoms with Gasteiger partial charge in [-0.15, -0.1) is 0 Å².